The first kappa shape index (κ1) is 16.5. The van der Waals surface area contributed by atoms with Crippen molar-refractivity contribution in [1.82, 2.24) is 25.3 Å². The number of nitrogen functional groups attached to an aromatic ring is 1. The van der Waals surface area contributed by atoms with Crippen molar-refractivity contribution in [2.45, 2.75) is 31.5 Å². The summed E-state index contributed by atoms with van der Waals surface area (Å²) in [6, 6.07) is 0. The summed E-state index contributed by atoms with van der Waals surface area (Å²) < 4.78 is 6.43. The van der Waals surface area contributed by atoms with Gasteiger partial charge in [0.2, 0.25) is 5.95 Å². The Kier molecular flexibility index (Phi) is 3.61. The number of nitrogens with zero attached hydrogens (tertiary/aromatic N) is 4. The van der Waals surface area contributed by atoms with Gasteiger partial charge >= 0.3 is 0 Å². The molecule has 5 rings (SSSR count). The summed E-state index contributed by atoms with van der Waals surface area (Å²) in [4.78, 5) is 30.1. The molecular weight excluding hydrogens is 346 g/mol. The molecule has 9 nitrogen and oxygen atoms in total. The molecule has 3 aliphatic rings. The van der Waals surface area contributed by atoms with E-state index in [0.29, 0.717) is 35.8 Å². The molecule has 0 saturated carbocycles. The van der Waals surface area contributed by atoms with Crippen molar-refractivity contribution in [2.24, 2.45) is 11.8 Å². The van der Waals surface area contributed by atoms with Crippen LogP contribution in [0.5, 0.6) is 0 Å². The van der Waals surface area contributed by atoms with E-state index in [1.54, 1.807) is 6.20 Å². The van der Waals surface area contributed by atoms with Gasteiger partial charge in [-0.15, -0.1) is 0 Å². The predicted molar refractivity (Wildman–Crippen MR) is 98.1 cm³/mol. The maximum absolute atomic E-state index is 12.2. The van der Waals surface area contributed by atoms with Crippen LogP contribution in [-0.2, 0) is 4.74 Å². The number of imidazole rings is 1. The third kappa shape index (κ3) is 2.56. The lowest BCUT2D eigenvalue weighted by Crippen LogP contribution is -2.42. The van der Waals surface area contributed by atoms with Crippen LogP contribution in [0.3, 0.4) is 0 Å². The maximum atomic E-state index is 12.2. The van der Waals surface area contributed by atoms with Gasteiger partial charge in [-0.2, -0.15) is 4.98 Å². The number of amides is 1. The Bertz CT molecular complexity index is 871. The molecule has 142 valence electrons. The second-order valence-electron chi connectivity index (χ2n) is 7.82. The molecule has 0 unspecified atom stereocenters. The minimum absolute atomic E-state index is 0.131. The van der Waals surface area contributed by atoms with Crippen LogP contribution in [0.2, 0.25) is 0 Å². The summed E-state index contributed by atoms with van der Waals surface area (Å²) in [5.41, 5.74) is 7.17. The van der Waals surface area contributed by atoms with Gasteiger partial charge in [0.25, 0.3) is 5.91 Å². The number of aromatic amines is 1. The van der Waals surface area contributed by atoms with E-state index in [1.807, 2.05) is 6.92 Å². The molecule has 5 heterocycles. The van der Waals surface area contributed by atoms with Gasteiger partial charge in [-0.05, 0) is 19.8 Å². The van der Waals surface area contributed by atoms with E-state index < -0.39 is 0 Å². The third-order valence-electron chi connectivity index (χ3n) is 6.31. The number of anilines is 2. The highest BCUT2D eigenvalue weighted by atomic mass is 16.5. The number of nitrogens with two attached hydrogens (primary N) is 1. The number of carbonyl (C=O) groups excluding carboxylic acids is 1. The Morgan fingerprint density at radius 3 is 3.19 bits per heavy atom. The maximum Gasteiger partial charge on any atom is 0.269 e. The van der Waals surface area contributed by atoms with Crippen LogP contribution in [0.4, 0.5) is 11.8 Å². The van der Waals surface area contributed by atoms with Crippen LogP contribution >= 0.6 is 0 Å². The molecule has 27 heavy (non-hydrogen) atoms. The number of rotatable bonds is 4. The molecule has 4 N–H and O–H groups in total. The second-order valence-corrected chi connectivity index (χ2v) is 7.82. The highest BCUT2D eigenvalue weighted by Crippen LogP contribution is 2.55. The average molecular weight is 369 g/mol. The van der Waals surface area contributed by atoms with Gasteiger partial charge < -0.3 is 25.7 Å². The molecule has 9 heteroatoms. The van der Waals surface area contributed by atoms with Crippen LogP contribution in [0, 0.1) is 18.8 Å². The number of fused-ring (bicyclic) bond motifs is 1. The summed E-state index contributed by atoms with van der Waals surface area (Å²) >= 11 is 0. The van der Waals surface area contributed by atoms with Crippen molar-refractivity contribution in [3.05, 3.63) is 30.0 Å². The molecule has 4 atom stereocenters. The van der Waals surface area contributed by atoms with Crippen LogP contribution in [0.1, 0.15) is 28.9 Å². The minimum Gasteiger partial charge on any atom is -0.383 e. The molecule has 2 bridgehead atoms. The Hall–Kier alpha value is -2.68. The van der Waals surface area contributed by atoms with Crippen LogP contribution in [-0.4, -0.2) is 57.2 Å². The third-order valence-corrected chi connectivity index (χ3v) is 6.31. The smallest absolute Gasteiger partial charge is 0.269 e. The summed E-state index contributed by atoms with van der Waals surface area (Å²) in [7, 11) is 0. The van der Waals surface area contributed by atoms with Gasteiger partial charge in [0.05, 0.1) is 30.8 Å². The molecule has 1 spiro atoms. The van der Waals surface area contributed by atoms with Crippen molar-refractivity contribution >= 4 is 17.7 Å². The first-order chi connectivity index (χ1) is 13.1. The molecule has 2 aromatic heterocycles. The highest BCUT2D eigenvalue weighted by molar-refractivity contribution is 5.91. The number of H-pyrrole nitrogens is 1. The number of aryl methyl sites for hydroxylation is 1. The van der Waals surface area contributed by atoms with Crippen LogP contribution in [0.15, 0.2) is 18.7 Å². The standard InChI is InChI=1S/C18H23N7O2/c1-10-4-22-17(24-15(10)19)25-7-12-11(14-2-3-18(12,8-25)27-14)5-21-16(26)13-6-20-9-23-13/h4,6,9,11-12,14H,2-3,5,7-8H2,1H3,(H,20,23)(H,21,26)(H2,19,22,24)/t11-,12+,14+,18+/m0/s1. The summed E-state index contributed by atoms with van der Waals surface area (Å²) in [5, 5.41) is 3.03. The molecule has 2 aromatic rings. The zero-order chi connectivity index (χ0) is 18.6. The molecule has 0 aromatic carbocycles. The van der Waals surface area contributed by atoms with Crippen molar-refractivity contribution in [3.63, 3.8) is 0 Å². The molecule has 3 fully saturated rings. The van der Waals surface area contributed by atoms with Crippen molar-refractivity contribution < 1.29 is 9.53 Å². The topological polar surface area (TPSA) is 122 Å². The largest absolute Gasteiger partial charge is 0.383 e. The SMILES string of the molecule is Cc1cnc(N2C[C@@H]3[C@H](CNC(=O)c4cnc[nH]4)[C@H]4CC[C@]3(C2)O4)nc1N. The van der Waals surface area contributed by atoms with Gasteiger partial charge in [-0.1, -0.05) is 0 Å². The normalized spacial score (nSPS) is 31.3. The summed E-state index contributed by atoms with van der Waals surface area (Å²) in [6.07, 6.45) is 7.10. The lowest BCUT2D eigenvalue weighted by Gasteiger charge is -2.29. The zero-order valence-corrected chi connectivity index (χ0v) is 15.2. The first-order valence-corrected chi connectivity index (χ1v) is 9.34. The number of ether oxygens (including phenoxy) is 1. The fraction of sp³-hybridized carbons (Fsp3) is 0.556. The number of carbonyl (C=O) groups is 1. The van der Waals surface area contributed by atoms with E-state index in [2.05, 4.69) is 30.2 Å². The van der Waals surface area contributed by atoms with Crippen molar-refractivity contribution in [1.29, 1.82) is 0 Å². The van der Waals surface area contributed by atoms with Gasteiger partial charge in [-0.3, -0.25) is 4.79 Å². The summed E-state index contributed by atoms with van der Waals surface area (Å²) in [5.74, 6) is 1.69. The summed E-state index contributed by atoms with van der Waals surface area (Å²) in [6.45, 7) is 4.10. The van der Waals surface area contributed by atoms with E-state index in [-0.39, 0.29) is 17.6 Å². The van der Waals surface area contributed by atoms with Gasteiger partial charge in [-0.25, -0.2) is 9.97 Å². The quantitative estimate of drug-likeness (QED) is 0.717. The lowest BCUT2D eigenvalue weighted by molar-refractivity contribution is 0.0141. The Balaban J connectivity index is 1.31. The van der Waals surface area contributed by atoms with Gasteiger partial charge in [0.1, 0.15) is 11.5 Å². The van der Waals surface area contributed by atoms with Gasteiger partial charge in [0, 0.05) is 36.7 Å². The van der Waals surface area contributed by atoms with E-state index in [9.17, 15) is 4.79 Å². The van der Waals surface area contributed by atoms with Gasteiger partial charge in [0.15, 0.2) is 0 Å². The fourth-order valence-corrected chi connectivity index (χ4v) is 4.90. The Labute approximate surface area is 156 Å². The van der Waals surface area contributed by atoms with E-state index in [1.165, 1.54) is 12.5 Å². The predicted octanol–water partition coefficient (Wildman–Crippen LogP) is 0.504. The number of hydrogen-bond acceptors (Lipinski definition) is 7. The van der Waals surface area contributed by atoms with Crippen molar-refractivity contribution in [3.8, 4) is 0 Å². The molecule has 3 aliphatic heterocycles. The monoisotopic (exact) mass is 369 g/mol. The lowest BCUT2D eigenvalue weighted by atomic mass is 9.73. The van der Waals surface area contributed by atoms with Crippen molar-refractivity contribution in [2.75, 3.05) is 30.3 Å². The van der Waals surface area contributed by atoms with E-state index in [4.69, 9.17) is 10.5 Å². The molecule has 1 amide bonds. The van der Waals surface area contributed by atoms with Crippen LogP contribution in [0.25, 0.3) is 0 Å². The number of nitrogens with one attached hydrogen (secondary N) is 2. The molecule has 0 aliphatic carbocycles. The Morgan fingerprint density at radius 2 is 2.41 bits per heavy atom. The zero-order valence-electron chi connectivity index (χ0n) is 15.2. The molecule has 3 saturated heterocycles. The molecular formula is C18H23N7O2. The first-order valence-electron chi connectivity index (χ1n) is 9.34. The number of aromatic nitrogens is 4. The Morgan fingerprint density at radius 1 is 1.52 bits per heavy atom. The highest BCUT2D eigenvalue weighted by Gasteiger charge is 2.63. The average Bonchev–Trinajstić information content (AvgIpc) is 3.42. The van der Waals surface area contributed by atoms with Crippen LogP contribution < -0.4 is 16.0 Å². The second kappa shape index (κ2) is 5.91. The van der Waals surface area contributed by atoms with E-state index >= 15 is 0 Å². The van der Waals surface area contributed by atoms with E-state index in [0.717, 1.165) is 31.5 Å². The minimum atomic E-state index is -0.156. The fourth-order valence-electron chi connectivity index (χ4n) is 4.90. The number of hydrogen-bond donors (Lipinski definition) is 3. The molecule has 0 radical (unpaired) electrons.